The van der Waals surface area contributed by atoms with Crippen LogP contribution in [0.2, 0.25) is 0 Å². The Bertz CT molecular complexity index is 130. The van der Waals surface area contributed by atoms with E-state index in [0.29, 0.717) is 0 Å². The summed E-state index contributed by atoms with van der Waals surface area (Å²) < 4.78 is 136. The van der Waals surface area contributed by atoms with Crippen molar-refractivity contribution in [2.45, 2.75) is 0 Å². The number of hydrogen-bond donors (Lipinski definition) is 0. The molecule has 0 saturated heterocycles. The molecule has 0 heterocycles. The fourth-order valence-corrected chi connectivity index (χ4v) is 0. The molecule has 0 aliphatic carbocycles. The van der Waals surface area contributed by atoms with Gasteiger partial charge in [-0.2, -0.15) is 0 Å². The van der Waals surface area contributed by atoms with Crippen molar-refractivity contribution in [3.8, 4) is 0 Å². The molecule has 0 aliphatic rings. The van der Waals surface area contributed by atoms with Crippen LogP contribution in [0, 0.1) is 41.0 Å². The summed E-state index contributed by atoms with van der Waals surface area (Å²) >= 11 is 0. The minimum Gasteiger partial charge on any atom is -0.222 e. The van der Waals surface area contributed by atoms with Crippen LogP contribution in [0.4, 0.5) is 0 Å². The van der Waals surface area contributed by atoms with Crippen molar-refractivity contribution in [1.82, 2.24) is 0 Å². The molecule has 0 aromatic carbocycles. The molecule has 0 aromatic heterocycles. The van der Waals surface area contributed by atoms with E-state index in [1.54, 1.807) is 0 Å². The first-order valence-corrected chi connectivity index (χ1v) is 7.41. The summed E-state index contributed by atoms with van der Waals surface area (Å²) in [5, 5.41) is 0. The Balaban J connectivity index is -0.0000000533. The SMILES string of the molecule is [O-][Cl+3]([O-])([O-])[O-].[O-][Cl+3]([O-])([O-])[O-].[O-][Cl+3]([O-])([O-])[O-].[O-][Cl+3]([O-])([O-])[O-].[Ru+4]. The van der Waals surface area contributed by atoms with Crippen LogP contribution < -0.4 is 74.5 Å². The van der Waals surface area contributed by atoms with Gasteiger partial charge in [-0.15, -0.1) is 41.0 Å². The van der Waals surface area contributed by atoms with Gasteiger partial charge in [-0.05, 0) is 0 Å². The van der Waals surface area contributed by atoms with E-state index in [-0.39, 0.29) is 19.5 Å². The molecule has 0 aliphatic heterocycles. The zero-order chi connectivity index (χ0) is 18.0. The molecule has 132 valence electrons. The van der Waals surface area contributed by atoms with Crippen molar-refractivity contribution in [3.05, 3.63) is 0 Å². The van der Waals surface area contributed by atoms with E-state index in [1.807, 2.05) is 0 Å². The molecule has 16 nitrogen and oxygen atoms in total. The summed E-state index contributed by atoms with van der Waals surface area (Å²) in [6.45, 7) is 0. The topological polar surface area (TPSA) is 369 Å². The standard InChI is InChI=1S/4ClHO4.Ru/c4*2-1(3,4)5;/h4*(H,2,3,4,5);/q;;;;+4/p-4. The minimum absolute atomic E-state index is 0. The molecule has 0 unspecified atom stereocenters. The van der Waals surface area contributed by atoms with Crippen LogP contribution in [0.1, 0.15) is 0 Å². The fourth-order valence-electron chi connectivity index (χ4n) is 0. The Labute approximate surface area is 135 Å². The maximum absolute atomic E-state index is 8.49. The molecule has 0 saturated carbocycles. The van der Waals surface area contributed by atoms with Gasteiger partial charge in [-0.1, -0.05) is 0 Å². The summed E-state index contributed by atoms with van der Waals surface area (Å²) in [7, 11) is -19.8. The zero-order valence-corrected chi connectivity index (χ0v) is 13.2. The Kier molecular flexibility index (Phi) is 21.8. The van der Waals surface area contributed by atoms with Crippen molar-refractivity contribution in [2.75, 3.05) is 0 Å². The third-order valence-corrected chi connectivity index (χ3v) is 0. The molecule has 0 N–H and O–H groups in total. The van der Waals surface area contributed by atoms with E-state index >= 15 is 0 Å². The predicted octanol–water partition coefficient (Wildman–Crippen LogP) is -19.0. The Morgan fingerprint density at radius 3 is 0.238 bits per heavy atom. The average Bonchev–Trinajstić information content (AvgIpc) is 1.62. The summed E-state index contributed by atoms with van der Waals surface area (Å²) in [5.41, 5.74) is 0. The second-order valence-electron chi connectivity index (χ2n) is 1.51. The van der Waals surface area contributed by atoms with E-state index in [1.165, 1.54) is 0 Å². The van der Waals surface area contributed by atoms with Gasteiger partial charge in [0.05, 0.1) is 0 Å². The van der Waals surface area contributed by atoms with Gasteiger partial charge in [-0.3, -0.25) is 0 Å². The normalized spacial score (nSPS) is 11.4. The Morgan fingerprint density at radius 1 is 0.238 bits per heavy atom. The van der Waals surface area contributed by atoms with Gasteiger partial charge in [-0.25, -0.2) is 74.5 Å². The quantitative estimate of drug-likeness (QED) is 0.279. The second kappa shape index (κ2) is 13.6. The molecular formula is Cl4O16Ru. The van der Waals surface area contributed by atoms with Crippen molar-refractivity contribution in [1.29, 1.82) is 0 Å². The van der Waals surface area contributed by atoms with Crippen LogP contribution in [-0.4, -0.2) is 0 Å². The monoisotopic (exact) mass is 498 g/mol. The summed E-state index contributed by atoms with van der Waals surface area (Å²) in [5.74, 6) is 0. The second-order valence-corrected chi connectivity index (χ2v) is 4.54. The molecule has 0 fully saturated rings. The molecule has 0 rings (SSSR count). The van der Waals surface area contributed by atoms with E-state index in [2.05, 4.69) is 0 Å². The molecule has 0 radical (unpaired) electrons. The maximum atomic E-state index is 8.49. The Morgan fingerprint density at radius 2 is 0.238 bits per heavy atom. The first kappa shape index (κ1) is 33.7. The third-order valence-electron chi connectivity index (χ3n) is 0. The minimum atomic E-state index is -4.94. The van der Waals surface area contributed by atoms with Crippen LogP contribution in [0.5, 0.6) is 0 Å². The molecule has 0 spiro atoms. The van der Waals surface area contributed by atoms with Crippen LogP contribution in [0.25, 0.3) is 0 Å². The molecule has 0 aromatic rings. The van der Waals surface area contributed by atoms with Crippen LogP contribution in [0.3, 0.4) is 0 Å². The van der Waals surface area contributed by atoms with Crippen LogP contribution in [-0.2, 0) is 19.5 Å². The van der Waals surface area contributed by atoms with Gasteiger partial charge in [0.15, 0.2) is 0 Å². The number of rotatable bonds is 0. The predicted molar refractivity (Wildman–Crippen MR) is 0 cm³/mol. The van der Waals surface area contributed by atoms with Crippen LogP contribution >= 0.6 is 0 Å². The van der Waals surface area contributed by atoms with Crippen molar-refractivity contribution in [2.24, 2.45) is 0 Å². The van der Waals surface area contributed by atoms with Gasteiger partial charge >= 0.3 is 19.5 Å². The number of halogens is 4. The summed E-state index contributed by atoms with van der Waals surface area (Å²) in [6.07, 6.45) is 0. The molecule has 21 heavy (non-hydrogen) atoms. The van der Waals surface area contributed by atoms with Gasteiger partial charge in [0.2, 0.25) is 0 Å². The van der Waals surface area contributed by atoms with Crippen molar-refractivity contribution < 1.29 is 135 Å². The average molecular weight is 499 g/mol. The number of hydrogen-bond acceptors (Lipinski definition) is 16. The van der Waals surface area contributed by atoms with Gasteiger partial charge in [0.1, 0.15) is 0 Å². The van der Waals surface area contributed by atoms with Gasteiger partial charge in [0.25, 0.3) is 0 Å². The fraction of sp³-hybridized carbons (Fsp3) is 0. The maximum Gasteiger partial charge on any atom is 4.00 e. The smallest absolute Gasteiger partial charge is 0.222 e. The Hall–Kier alpha value is 1.14. The zero-order valence-electron chi connectivity index (χ0n) is 8.40. The first-order valence-electron chi connectivity index (χ1n) is 2.47. The molecule has 0 bridgehead atoms. The molecule has 0 atom stereocenters. The van der Waals surface area contributed by atoms with Crippen LogP contribution in [0.15, 0.2) is 0 Å². The van der Waals surface area contributed by atoms with Gasteiger partial charge in [0, 0.05) is 0 Å². The van der Waals surface area contributed by atoms with E-state index in [0.717, 1.165) is 0 Å². The first-order chi connectivity index (χ1) is 8.00. The molecular weight excluding hydrogens is 499 g/mol. The summed E-state index contributed by atoms with van der Waals surface area (Å²) in [4.78, 5) is 0. The van der Waals surface area contributed by atoms with E-state index in [9.17, 15) is 0 Å². The van der Waals surface area contributed by atoms with Gasteiger partial charge < -0.3 is 0 Å². The molecule has 0 amide bonds. The van der Waals surface area contributed by atoms with E-state index < -0.39 is 41.0 Å². The van der Waals surface area contributed by atoms with E-state index in [4.69, 9.17) is 74.5 Å². The molecule has 21 heteroatoms. The third kappa shape index (κ3) is 5930. The summed E-state index contributed by atoms with van der Waals surface area (Å²) in [6, 6.07) is 0. The largest absolute Gasteiger partial charge is 4.00 e. The van der Waals surface area contributed by atoms with Crippen molar-refractivity contribution in [3.63, 3.8) is 0 Å². The van der Waals surface area contributed by atoms with Crippen molar-refractivity contribution >= 4 is 0 Å².